The summed E-state index contributed by atoms with van der Waals surface area (Å²) >= 11 is 0. The number of nitrogen functional groups attached to an aromatic ring is 1. The zero-order valence-electron chi connectivity index (χ0n) is 21.6. The third-order valence-corrected chi connectivity index (χ3v) is 7.53. The summed E-state index contributed by atoms with van der Waals surface area (Å²) in [5, 5.41) is 11.2. The van der Waals surface area contributed by atoms with E-state index in [4.69, 9.17) is 10.5 Å². The highest BCUT2D eigenvalue weighted by Crippen LogP contribution is 2.34. The molecule has 2 aliphatic heterocycles. The van der Waals surface area contributed by atoms with E-state index in [1.54, 1.807) is 6.92 Å². The third kappa shape index (κ3) is 6.37. The van der Waals surface area contributed by atoms with E-state index in [1.165, 1.54) is 23.3 Å². The van der Waals surface area contributed by atoms with E-state index < -0.39 is 43.4 Å². The molecular weight excluding hydrogens is 514 g/mol. The van der Waals surface area contributed by atoms with Crippen LogP contribution in [0.2, 0.25) is 0 Å². The second kappa shape index (κ2) is 11.6. The molecule has 206 valence electrons. The lowest BCUT2D eigenvalue weighted by atomic mass is 10.1. The number of nitrogens with zero attached hydrogens (tertiary/aromatic N) is 6. The molecule has 2 aromatic rings. The van der Waals surface area contributed by atoms with Crippen molar-refractivity contribution in [3.8, 4) is 0 Å². The van der Waals surface area contributed by atoms with Gasteiger partial charge >= 0.3 is 11.7 Å². The van der Waals surface area contributed by atoms with Gasteiger partial charge in [-0.2, -0.15) is 9.97 Å². The van der Waals surface area contributed by atoms with Gasteiger partial charge in [0.1, 0.15) is 6.04 Å². The number of sulfone groups is 1. The molecule has 2 aliphatic rings. The van der Waals surface area contributed by atoms with Gasteiger partial charge in [0.2, 0.25) is 21.5 Å². The number of likely N-dealkylation sites (tertiary alicyclic amines) is 1. The van der Waals surface area contributed by atoms with Gasteiger partial charge in [-0.15, -0.1) is 0 Å². The number of anilines is 2. The lowest BCUT2D eigenvalue weighted by Crippen LogP contribution is -2.57. The molecule has 0 bridgehead atoms. The summed E-state index contributed by atoms with van der Waals surface area (Å²) in [7, 11) is -3.92. The molecule has 0 saturated carbocycles. The van der Waals surface area contributed by atoms with Crippen molar-refractivity contribution >= 4 is 33.1 Å². The average Bonchev–Trinajstić information content (AvgIpc) is 3.36. The number of rotatable bonds is 9. The minimum atomic E-state index is -3.92. The van der Waals surface area contributed by atoms with E-state index in [-0.39, 0.29) is 25.5 Å². The van der Waals surface area contributed by atoms with E-state index in [0.717, 1.165) is 31.5 Å². The smallest absolute Gasteiger partial charge is 0.353 e. The van der Waals surface area contributed by atoms with Gasteiger partial charge < -0.3 is 15.4 Å². The predicted molar refractivity (Wildman–Crippen MR) is 140 cm³/mol. The summed E-state index contributed by atoms with van der Waals surface area (Å²) in [5.41, 5.74) is 7.47. The summed E-state index contributed by atoms with van der Waals surface area (Å²) in [6.45, 7) is 6.27. The summed E-state index contributed by atoms with van der Waals surface area (Å²) in [5.74, 6) is -1.49. The van der Waals surface area contributed by atoms with Gasteiger partial charge in [0.25, 0.3) is 5.16 Å². The first kappa shape index (κ1) is 27.7. The van der Waals surface area contributed by atoms with Crippen LogP contribution in [0.25, 0.3) is 0 Å². The van der Waals surface area contributed by atoms with E-state index in [2.05, 4.69) is 31.9 Å². The highest BCUT2D eigenvalue weighted by Gasteiger charge is 2.39. The lowest BCUT2D eigenvalue weighted by Gasteiger charge is -2.40. The number of hydrogen-bond donors (Lipinski definition) is 1. The van der Waals surface area contributed by atoms with E-state index >= 15 is 0 Å². The summed E-state index contributed by atoms with van der Waals surface area (Å²) in [4.78, 5) is 37.6. The Morgan fingerprint density at radius 3 is 2.39 bits per heavy atom. The highest BCUT2D eigenvalue weighted by atomic mass is 32.2. The Labute approximate surface area is 221 Å². The topological polar surface area (TPSA) is 165 Å². The van der Waals surface area contributed by atoms with Gasteiger partial charge in [-0.1, -0.05) is 24.3 Å². The van der Waals surface area contributed by atoms with E-state index in [0.29, 0.717) is 13.1 Å². The fourth-order valence-corrected chi connectivity index (χ4v) is 5.46. The van der Waals surface area contributed by atoms with Crippen molar-refractivity contribution in [2.75, 3.05) is 56.2 Å². The first-order valence-electron chi connectivity index (χ1n) is 12.5. The SMILES string of the molecule is CCOC(=O)C1CN(Cc2cccc(CN3CCCC3)c2)CCN1c1nc(S(C)(=O)=O)nc(N)c1[N+](=O)[O-]. The van der Waals surface area contributed by atoms with Gasteiger partial charge in [-0.05, 0) is 44.0 Å². The number of hydrogen-bond acceptors (Lipinski definition) is 12. The maximum atomic E-state index is 13.0. The molecule has 2 saturated heterocycles. The van der Waals surface area contributed by atoms with Crippen LogP contribution in [0.15, 0.2) is 29.4 Å². The molecule has 0 amide bonds. The zero-order valence-corrected chi connectivity index (χ0v) is 22.4. The fraction of sp³-hybridized carbons (Fsp3) is 0.542. The molecule has 2 N–H and O–H groups in total. The van der Waals surface area contributed by atoms with Crippen molar-refractivity contribution in [2.45, 2.75) is 44.1 Å². The Morgan fingerprint density at radius 1 is 1.13 bits per heavy atom. The largest absolute Gasteiger partial charge is 0.464 e. The van der Waals surface area contributed by atoms with Gasteiger partial charge in [-0.25, -0.2) is 13.2 Å². The van der Waals surface area contributed by atoms with Crippen LogP contribution in [0.1, 0.15) is 30.9 Å². The Morgan fingerprint density at radius 2 is 1.79 bits per heavy atom. The van der Waals surface area contributed by atoms with Gasteiger partial charge in [-0.3, -0.25) is 19.9 Å². The number of benzene rings is 1. The first-order chi connectivity index (χ1) is 18.1. The molecule has 1 unspecified atom stereocenters. The standard InChI is InChI=1S/C24H33N7O6S/c1-3-37-23(32)19-16-29(15-18-8-6-7-17(13-18)14-28-9-4-5-10-28)11-12-30(19)22-20(31(33)34)21(25)26-24(27-22)38(2,35)36/h6-8,13,19H,3-5,9-12,14-16H2,1-2H3,(H2,25,26,27). The number of aromatic nitrogens is 2. The number of piperazine rings is 1. The van der Waals surface area contributed by atoms with Crippen LogP contribution in [-0.4, -0.2) is 90.7 Å². The normalized spacial score (nSPS) is 19.0. The number of carbonyl (C=O) groups excluding carboxylic acids is 1. The molecule has 0 radical (unpaired) electrons. The third-order valence-electron chi connectivity index (χ3n) is 6.68. The maximum absolute atomic E-state index is 13.0. The Kier molecular flexibility index (Phi) is 8.43. The zero-order chi connectivity index (χ0) is 27.4. The van der Waals surface area contributed by atoms with Crippen molar-refractivity contribution in [3.63, 3.8) is 0 Å². The second-order valence-electron chi connectivity index (χ2n) is 9.59. The van der Waals surface area contributed by atoms with Crippen molar-refractivity contribution in [3.05, 3.63) is 45.5 Å². The summed E-state index contributed by atoms with van der Waals surface area (Å²) in [6, 6.07) is 7.38. The number of nitrogens with two attached hydrogens (primary N) is 1. The molecular formula is C24H33N7O6S. The Balaban J connectivity index is 1.60. The molecule has 2 fully saturated rings. The maximum Gasteiger partial charge on any atom is 0.353 e. The fourth-order valence-electron chi connectivity index (χ4n) is 4.94. The van der Waals surface area contributed by atoms with E-state index in [9.17, 15) is 23.3 Å². The number of esters is 1. The number of carbonyl (C=O) groups is 1. The van der Waals surface area contributed by atoms with Crippen LogP contribution in [-0.2, 0) is 32.5 Å². The van der Waals surface area contributed by atoms with Crippen molar-refractivity contribution in [2.24, 2.45) is 0 Å². The number of ether oxygens (including phenoxy) is 1. The average molecular weight is 548 g/mol. The molecule has 3 heterocycles. The highest BCUT2D eigenvalue weighted by molar-refractivity contribution is 7.90. The second-order valence-corrected chi connectivity index (χ2v) is 11.5. The van der Waals surface area contributed by atoms with Crippen LogP contribution < -0.4 is 10.6 Å². The van der Waals surface area contributed by atoms with Crippen LogP contribution in [0.4, 0.5) is 17.3 Å². The van der Waals surface area contributed by atoms with Gasteiger partial charge in [0.05, 0.1) is 11.5 Å². The van der Waals surface area contributed by atoms with Crippen LogP contribution in [0.5, 0.6) is 0 Å². The molecule has 13 nitrogen and oxygen atoms in total. The lowest BCUT2D eigenvalue weighted by molar-refractivity contribution is -0.383. The quantitative estimate of drug-likeness (QED) is 0.207. The van der Waals surface area contributed by atoms with Gasteiger partial charge in [0, 0.05) is 39.0 Å². The van der Waals surface area contributed by atoms with Crippen LogP contribution in [0, 0.1) is 10.1 Å². The Bertz CT molecular complexity index is 1300. The minimum Gasteiger partial charge on any atom is -0.464 e. The predicted octanol–water partition coefficient (Wildman–Crippen LogP) is 1.22. The molecule has 38 heavy (non-hydrogen) atoms. The molecule has 14 heteroatoms. The molecule has 1 aromatic carbocycles. The van der Waals surface area contributed by atoms with Gasteiger partial charge in [0.15, 0.2) is 0 Å². The summed E-state index contributed by atoms with van der Waals surface area (Å²) in [6.07, 6.45) is 3.33. The molecule has 0 aliphatic carbocycles. The van der Waals surface area contributed by atoms with Crippen LogP contribution >= 0.6 is 0 Å². The molecule has 0 spiro atoms. The van der Waals surface area contributed by atoms with Crippen LogP contribution in [0.3, 0.4) is 0 Å². The number of nitro groups is 1. The van der Waals surface area contributed by atoms with Crippen molar-refractivity contribution < 1.29 is 22.9 Å². The monoisotopic (exact) mass is 547 g/mol. The summed E-state index contributed by atoms with van der Waals surface area (Å²) < 4.78 is 29.6. The minimum absolute atomic E-state index is 0.115. The Hall–Kier alpha value is -3.36. The van der Waals surface area contributed by atoms with Crippen molar-refractivity contribution in [1.82, 2.24) is 19.8 Å². The first-order valence-corrected chi connectivity index (χ1v) is 14.4. The van der Waals surface area contributed by atoms with E-state index in [1.807, 2.05) is 12.1 Å². The molecule has 1 atom stereocenters. The molecule has 1 aromatic heterocycles. The van der Waals surface area contributed by atoms with Crippen molar-refractivity contribution in [1.29, 1.82) is 0 Å². The molecule has 4 rings (SSSR count).